The molecule has 2 N–H and O–H groups in total. The molecule has 12 nitrogen and oxygen atoms in total. The van der Waals surface area contributed by atoms with Crippen molar-refractivity contribution >= 4 is 31.6 Å². The van der Waals surface area contributed by atoms with Gasteiger partial charge in [-0.25, -0.2) is 16.8 Å². The lowest BCUT2D eigenvalue weighted by molar-refractivity contribution is 0.0389. The average molecular weight is 607 g/mol. The van der Waals surface area contributed by atoms with Gasteiger partial charge in [-0.1, -0.05) is 36.3 Å². The Bertz CT molecular complexity index is 1600. The molecule has 0 spiro atoms. The maximum Gasteiger partial charge on any atom is 0.267 e. The molecule has 0 saturated heterocycles. The van der Waals surface area contributed by atoms with Crippen LogP contribution in [-0.2, 0) is 20.0 Å². The minimum Gasteiger partial charge on any atom is -0.486 e. The van der Waals surface area contributed by atoms with Crippen LogP contribution in [0.15, 0.2) is 62.8 Å². The molecule has 2 aromatic carbocycles. The number of hydrogen-bond donors (Lipinski definition) is 2. The van der Waals surface area contributed by atoms with E-state index in [1.165, 1.54) is 60.4 Å². The zero-order chi connectivity index (χ0) is 30.1. The highest BCUT2D eigenvalue weighted by molar-refractivity contribution is 7.92. The summed E-state index contributed by atoms with van der Waals surface area (Å²) in [5, 5.41) is 13.6. The van der Waals surface area contributed by atoms with Crippen LogP contribution in [0.1, 0.15) is 35.7 Å². The first-order valence-electron chi connectivity index (χ1n) is 13.0. The van der Waals surface area contributed by atoms with Gasteiger partial charge < -0.3 is 19.3 Å². The molecular formula is C27H34N4O8S2. The van der Waals surface area contributed by atoms with Crippen molar-refractivity contribution in [3.05, 3.63) is 65.5 Å². The van der Waals surface area contributed by atoms with Gasteiger partial charge in [-0.15, -0.1) is 0 Å². The van der Waals surface area contributed by atoms with E-state index in [4.69, 9.17) is 9.26 Å². The molecule has 41 heavy (non-hydrogen) atoms. The molecule has 2 heterocycles. The topological polar surface area (TPSA) is 159 Å². The number of nitrogens with zero attached hydrogens (tertiary/aromatic N) is 3. The van der Waals surface area contributed by atoms with Gasteiger partial charge in [0.05, 0.1) is 35.3 Å². The summed E-state index contributed by atoms with van der Waals surface area (Å²) in [6.45, 7) is 6.23. The SMILES string of the molecule is Cc1noc(C)c1S(=O)(=O)Nc1cccc2c1O[C@H](CN(C)S(=O)(=O)c1ccccc1)[C@H](C)CN([C@H](C)CO)C2=O. The van der Waals surface area contributed by atoms with E-state index in [1.807, 2.05) is 0 Å². The number of carbonyl (C=O) groups excluding carboxylic acids is 1. The fraction of sp³-hybridized carbons (Fsp3) is 0.407. The van der Waals surface area contributed by atoms with Crippen LogP contribution in [0, 0.1) is 19.8 Å². The minimum atomic E-state index is -4.21. The van der Waals surface area contributed by atoms with Gasteiger partial charge in [-0.3, -0.25) is 9.52 Å². The maximum atomic E-state index is 13.7. The third-order valence-corrected chi connectivity index (χ3v) is 10.5. The Kier molecular flexibility index (Phi) is 8.78. The molecule has 14 heteroatoms. The number of fused-ring (bicyclic) bond motifs is 1. The van der Waals surface area contributed by atoms with Crippen LogP contribution in [0.25, 0.3) is 0 Å². The Labute approximate surface area is 240 Å². The second-order valence-electron chi connectivity index (χ2n) is 10.2. The number of aromatic nitrogens is 1. The first-order valence-corrected chi connectivity index (χ1v) is 15.9. The summed E-state index contributed by atoms with van der Waals surface area (Å²) >= 11 is 0. The summed E-state index contributed by atoms with van der Waals surface area (Å²) in [5.41, 5.74) is 0.211. The predicted octanol–water partition coefficient (Wildman–Crippen LogP) is 2.63. The van der Waals surface area contributed by atoms with Gasteiger partial charge in [-0.2, -0.15) is 4.31 Å². The van der Waals surface area contributed by atoms with E-state index in [0.29, 0.717) is 0 Å². The fourth-order valence-electron chi connectivity index (χ4n) is 4.72. The van der Waals surface area contributed by atoms with Gasteiger partial charge in [-0.05, 0) is 45.0 Å². The molecule has 3 atom stereocenters. The Morgan fingerprint density at radius 2 is 1.80 bits per heavy atom. The average Bonchev–Trinajstić information content (AvgIpc) is 3.29. The minimum absolute atomic E-state index is 0.0138. The predicted molar refractivity (Wildman–Crippen MR) is 151 cm³/mol. The molecular weight excluding hydrogens is 572 g/mol. The number of aliphatic hydroxyl groups is 1. The molecule has 0 fully saturated rings. The van der Waals surface area contributed by atoms with E-state index in [0.717, 1.165) is 0 Å². The highest BCUT2D eigenvalue weighted by atomic mass is 32.2. The molecule has 1 aliphatic rings. The summed E-state index contributed by atoms with van der Waals surface area (Å²) in [6, 6.07) is 11.9. The molecule has 1 aliphatic heterocycles. The van der Waals surface area contributed by atoms with E-state index in [-0.39, 0.29) is 57.9 Å². The molecule has 0 bridgehead atoms. The van der Waals surface area contributed by atoms with Crippen LogP contribution >= 0.6 is 0 Å². The van der Waals surface area contributed by atoms with Gasteiger partial charge in [0.15, 0.2) is 16.4 Å². The fourth-order valence-corrected chi connectivity index (χ4v) is 7.32. The highest BCUT2D eigenvalue weighted by Gasteiger charge is 2.37. The van der Waals surface area contributed by atoms with Crippen molar-refractivity contribution in [3.8, 4) is 5.75 Å². The van der Waals surface area contributed by atoms with Crippen molar-refractivity contribution < 1.29 is 36.0 Å². The summed E-state index contributed by atoms with van der Waals surface area (Å²) in [5.74, 6) is -0.838. The number of nitrogens with one attached hydrogen (secondary N) is 1. The molecule has 0 radical (unpaired) electrons. The normalized spacial score (nSPS) is 18.8. The monoisotopic (exact) mass is 606 g/mol. The zero-order valence-corrected chi connectivity index (χ0v) is 25.1. The number of sulfonamides is 2. The van der Waals surface area contributed by atoms with Crippen molar-refractivity contribution in [2.24, 2.45) is 5.92 Å². The quantitative estimate of drug-likeness (QED) is 0.373. The van der Waals surface area contributed by atoms with Crippen LogP contribution in [0.2, 0.25) is 0 Å². The van der Waals surface area contributed by atoms with Gasteiger partial charge in [0.1, 0.15) is 11.8 Å². The molecule has 0 saturated carbocycles. The number of benzene rings is 2. The Hall–Kier alpha value is -3.46. The van der Waals surface area contributed by atoms with Gasteiger partial charge >= 0.3 is 0 Å². The smallest absolute Gasteiger partial charge is 0.267 e. The molecule has 3 aromatic rings. The second kappa shape index (κ2) is 11.8. The standard InChI is InChI=1S/C27H34N4O8S2/c1-17-14-31(18(2)16-32)27(33)22-12-9-13-23(29-40(34,35)26-19(3)28-39-20(26)4)25(22)38-24(17)15-30(5)41(36,37)21-10-7-6-8-11-21/h6-13,17-18,24,29,32H,14-16H2,1-5H3/t17-,18-,24-/m1/s1. The Balaban J connectivity index is 1.78. The van der Waals surface area contributed by atoms with E-state index in [1.54, 1.807) is 32.0 Å². The number of likely N-dealkylation sites (N-methyl/N-ethyl adjacent to an activating group) is 1. The summed E-state index contributed by atoms with van der Waals surface area (Å²) < 4.78 is 68.4. The number of aryl methyl sites for hydroxylation is 2. The summed E-state index contributed by atoms with van der Waals surface area (Å²) in [4.78, 5) is 15.1. The van der Waals surface area contributed by atoms with Crippen LogP contribution in [-0.4, -0.2) is 81.1 Å². The first-order chi connectivity index (χ1) is 19.3. The van der Waals surface area contributed by atoms with Crippen LogP contribution in [0.4, 0.5) is 5.69 Å². The third kappa shape index (κ3) is 6.10. The van der Waals surface area contributed by atoms with E-state index in [9.17, 15) is 26.7 Å². The van der Waals surface area contributed by atoms with E-state index < -0.39 is 44.0 Å². The van der Waals surface area contributed by atoms with Gasteiger partial charge in [0, 0.05) is 19.5 Å². The molecule has 1 amide bonds. The molecule has 0 aliphatic carbocycles. The van der Waals surface area contributed by atoms with E-state index >= 15 is 0 Å². The maximum absolute atomic E-state index is 13.7. The van der Waals surface area contributed by atoms with Crippen molar-refractivity contribution in [2.45, 2.75) is 49.6 Å². The van der Waals surface area contributed by atoms with Crippen molar-refractivity contribution in [1.29, 1.82) is 0 Å². The number of carbonyl (C=O) groups is 1. The zero-order valence-electron chi connectivity index (χ0n) is 23.4. The van der Waals surface area contributed by atoms with Crippen LogP contribution < -0.4 is 9.46 Å². The second-order valence-corrected chi connectivity index (χ2v) is 13.8. The number of para-hydroxylation sites is 1. The summed E-state index contributed by atoms with van der Waals surface area (Å²) in [6.07, 6.45) is -0.802. The molecule has 0 unspecified atom stereocenters. The van der Waals surface area contributed by atoms with Crippen molar-refractivity contribution in [3.63, 3.8) is 0 Å². The van der Waals surface area contributed by atoms with Gasteiger partial charge in [0.25, 0.3) is 15.9 Å². The Morgan fingerprint density at radius 3 is 2.41 bits per heavy atom. The third-order valence-electron chi connectivity index (χ3n) is 7.06. The Morgan fingerprint density at radius 1 is 1.12 bits per heavy atom. The number of rotatable bonds is 9. The number of hydrogen-bond acceptors (Lipinski definition) is 9. The number of anilines is 1. The lowest BCUT2D eigenvalue weighted by Gasteiger charge is -2.38. The first kappa shape index (κ1) is 30.5. The van der Waals surface area contributed by atoms with Gasteiger partial charge in [0.2, 0.25) is 10.0 Å². The lowest BCUT2D eigenvalue weighted by atomic mass is 9.99. The van der Waals surface area contributed by atoms with Crippen molar-refractivity contribution in [2.75, 3.05) is 31.5 Å². The molecule has 4 rings (SSSR count). The van der Waals surface area contributed by atoms with E-state index in [2.05, 4.69) is 9.88 Å². The number of aliphatic hydroxyl groups excluding tert-OH is 1. The number of ether oxygens (including phenoxy) is 1. The largest absolute Gasteiger partial charge is 0.486 e. The summed E-state index contributed by atoms with van der Waals surface area (Å²) in [7, 11) is -6.65. The lowest BCUT2D eigenvalue weighted by Crippen LogP contribution is -2.50. The molecule has 222 valence electrons. The highest BCUT2D eigenvalue weighted by Crippen LogP contribution is 2.37. The van der Waals surface area contributed by atoms with Crippen LogP contribution in [0.5, 0.6) is 5.75 Å². The molecule has 1 aromatic heterocycles. The number of amides is 1. The van der Waals surface area contributed by atoms with Crippen molar-refractivity contribution in [1.82, 2.24) is 14.4 Å². The van der Waals surface area contributed by atoms with Crippen LogP contribution in [0.3, 0.4) is 0 Å².